The number of nitrogens with zero attached hydrogens (tertiary/aromatic N) is 3. The van der Waals surface area contributed by atoms with Gasteiger partial charge in [0.25, 0.3) is 0 Å². The van der Waals surface area contributed by atoms with Crippen molar-refractivity contribution in [3.8, 4) is 0 Å². The van der Waals surface area contributed by atoms with Gasteiger partial charge in [-0.25, -0.2) is 0 Å². The van der Waals surface area contributed by atoms with E-state index in [2.05, 4.69) is 11.7 Å². The molecule has 2 aliphatic rings. The van der Waals surface area contributed by atoms with Crippen LogP contribution < -0.4 is 0 Å². The molecule has 0 radical (unpaired) electrons. The molecule has 1 saturated heterocycles. The van der Waals surface area contributed by atoms with Crippen molar-refractivity contribution < 1.29 is 5.02 Å². The highest BCUT2D eigenvalue weighted by molar-refractivity contribution is 6.45. The standard InChI is InChI=1S/C13H22BN3O/c1-10-11-4-5-13(12(11)15-16(10)3)6-8-17(9-7-13)14(2)18/h18H,4-9H2,1-3H3. The van der Waals surface area contributed by atoms with Crippen molar-refractivity contribution in [2.75, 3.05) is 13.1 Å². The first-order chi connectivity index (χ1) is 8.53. The predicted octanol–water partition coefficient (Wildman–Crippen LogP) is 1.12. The minimum atomic E-state index is -0.311. The molecule has 1 fully saturated rings. The highest BCUT2D eigenvalue weighted by atomic mass is 16.2. The fraction of sp³-hybridized carbons (Fsp3) is 0.769. The second-order valence-electron chi connectivity index (χ2n) is 5.98. The quantitative estimate of drug-likeness (QED) is 0.756. The summed E-state index contributed by atoms with van der Waals surface area (Å²) in [6, 6.07) is 0. The van der Waals surface area contributed by atoms with Crippen LogP contribution in [0.5, 0.6) is 0 Å². The van der Waals surface area contributed by atoms with Gasteiger partial charge in [0.2, 0.25) is 0 Å². The topological polar surface area (TPSA) is 41.3 Å². The van der Waals surface area contributed by atoms with E-state index in [1.165, 1.54) is 29.8 Å². The van der Waals surface area contributed by atoms with Gasteiger partial charge in [-0.3, -0.25) is 4.68 Å². The summed E-state index contributed by atoms with van der Waals surface area (Å²) in [5.41, 5.74) is 4.47. The second-order valence-corrected chi connectivity index (χ2v) is 5.98. The van der Waals surface area contributed by atoms with Gasteiger partial charge in [0, 0.05) is 18.2 Å². The Hall–Kier alpha value is -0.805. The minimum Gasteiger partial charge on any atom is -0.437 e. The molecule has 1 aliphatic carbocycles. The van der Waals surface area contributed by atoms with Crippen LogP contribution in [-0.4, -0.2) is 39.8 Å². The third-order valence-electron chi connectivity index (χ3n) is 5.10. The van der Waals surface area contributed by atoms with Crippen molar-refractivity contribution in [3.05, 3.63) is 17.0 Å². The summed E-state index contributed by atoms with van der Waals surface area (Å²) >= 11 is 0. The van der Waals surface area contributed by atoms with Gasteiger partial charge in [0.05, 0.1) is 5.69 Å². The maximum absolute atomic E-state index is 9.66. The number of fused-ring (bicyclic) bond motifs is 2. The van der Waals surface area contributed by atoms with Crippen LogP contribution in [0.15, 0.2) is 0 Å². The molecule has 1 spiro atoms. The first-order valence-corrected chi connectivity index (χ1v) is 6.98. The molecule has 0 atom stereocenters. The molecule has 1 aliphatic heterocycles. The van der Waals surface area contributed by atoms with E-state index < -0.39 is 0 Å². The molecule has 0 unspecified atom stereocenters. The second kappa shape index (κ2) is 4.10. The van der Waals surface area contributed by atoms with Gasteiger partial charge in [-0.15, -0.1) is 0 Å². The van der Waals surface area contributed by atoms with Crippen LogP contribution in [0.3, 0.4) is 0 Å². The Morgan fingerprint density at radius 2 is 1.94 bits per heavy atom. The molecule has 0 bridgehead atoms. The van der Waals surface area contributed by atoms with E-state index in [0.717, 1.165) is 25.9 Å². The maximum atomic E-state index is 9.66. The van der Waals surface area contributed by atoms with Crippen LogP contribution in [0.4, 0.5) is 0 Å². The molecule has 0 amide bonds. The lowest BCUT2D eigenvalue weighted by molar-refractivity contribution is 0.209. The third-order valence-corrected chi connectivity index (χ3v) is 5.10. The molecule has 3 rings (SSSR count). The van der Waals surface area contributed by atoms with Gasteiger partial charge in [-0.1, -0.05) is 0 Å². The minimum absolute atomic E-state index is 0.298. The Kier molecular flexibility index (Phi) is 2.79. The lowest BCUT2D eigenvalue weighted by Gasteiger charge is -2.39. The molecule has 0 saturated carbocycles. The number of rotatable bonds is 1. The molecule has 5 heteroatoms. The van der Waals surface area contributed by atoms with Crippen LogP contribution >= 0.6 is 0 Å². The number of aromatic nitrogens is 2. The zero-order valence-corrected chi connectivity index (χ0v) is 11.6. The third kappa shape index (κ3) is 1.64. The van der Waals surface area contributed by atoms with Crippen molar-refractivity contribution >= 4 is 7.05 Å². The number of hydrogen-bond acceptors (Lipinski definition) is 3. The summed E-state index contributed by atoms with van der Waals surface area (Å²) in [6.07, 6.45) is 4.71. The molecular weight excluding hydrogens is 225 g/mol. The highest BCUT2D eigenvalue weighted by Crippen LogP contribution is 2.46. The van der Waals surface area contributed by atoms with E-state index >= 15 is 0 Å². The van der Waals surface area contributed by atoms with Gasteiger partial charge in [-0.2, -0.15) is 5.10 Å². The summed E-state index contributed by atoms with van der Waals surface area (Å²) in [5, 5.41) is 14.4. The molecule has 0 aromatic carbocycles. The van der Waals surface area contributed by atoms with Crippen molar-refractivity contribution in [1.82, 2.24) is 14.6 Å². The van der Waals surface area contributed by atoms with Crippen LogP contribution in [0.25, 0.3) is 0 Å². The Morgan fingerprint density at radius 1 is 1.28 bits per heavy atom. The lowest BCUT2D eigenvalue weighted by Crippen LogP contribution is -2.47. The Balaban J connectivity index is 1.86. The zero-order valence-electron chi connectivity index (χ0n) is 11.6. The van der Waals surface area contributed by atoms with E-state index in [-0.39, 0.29) is 7.05 Å². The summed E-state index contributed by atoms with van der Waals surface area (Å²) in [5.74, 6) is 0. The van der Waals surface area contributed by atoms with Gasteiger partial charge in [-0.05, 0) is 58.1 Å². The fourth-order valence-electron chi connectivity index (χ4n) is 3.67. The maximum Gasteiger partial charge on any atom is 0.376 e. The zero-order chi connectivity index (χ0) is 12.9. The number of piperidine rings is 1. The van der Waals surface area contributed by atoms with Crippen LogP contribution in [-0.2, 0) is 18.9 Å². The molecule has 1 aromatic heterocycles. The molecule has 4 nitrogen and oxygen atoms in total. The molecule has 98 valence electrons. The Labute approximate surface area is 109 Å². The largest absolute Gasteiger partial charge is 0.437 e. The van der Waals surface area contributed by atoms with Gasteiger partial charge in [0.15, 0.2) is 0 Å². The van der Waals surface area contributed by atoms with Crippen LogP contribution in [0.1, 0.15) is 36.2 Å². The summed E-state index contributed by atoms with van der Waals surface area (Å²) in [7, 11) is 1.74. The summed E-state index contributed by atoms with van der Waals surface area (Å²) < 4.78 is 2.03. The highest BCUT2D eigenvalue weighted by Gasteiger charge is 2.44. The van der Waals surface area contributed by atoms with Crippen molar-refractivity contribution in [2.24, 2.45) is 7.05 Å². The number of hydrogen-bond donors (Lipinski definition) is 1. The van der Waals surface area contributed by atoms with Gasteiger partial charge >= 0.3 is 7.05 Å². The van der Waals surface area contributed by atoms with E-state index in [9.17, 15) is 5.02 Å². The Morgan fingerprint density at radius 3 is 2.56 bits per heavy atom. The van der Waals surface area contributed by atoms with Crippen LogP contribution in [0, 0.1) is 6.92 Å². The van der Waals surface area contributed by atoms with Crippen molar-refractivity contribution in [2.45, 2.75) is 44.8 Å². The molecule has 18 heavy (non-hydrogen) atoms. The van der Waals surface area contributed by atoms with E-state index in [4.69, 9.17) is 5.10 Å². The first kappa shape index (κ1) is 12.2. The van der Waals surface area contributed by atoms with Crippen molar-refractivity contribution in [1.29, 1.82) is 0 Å². The van der Waals surface area contributed by atoms with Crippen molar-refractivity contribution in [3.63, 3.8) is 0 Å². The Bertz CT molecular complexity index is 461. The van der Waals surface area contributed by atoms with E-state index in [1.807, 2.05) is 18.6 Å². The summed E-state index contributed by atoms with van der Waals surface area (Å²) in [4.78, 5) is 2.17. The monoisotopic (exact) mass is 247 g/mol. The van der Waals surface area contributed by atoms with E-state index in [1.54, 1.807) is 0 Å². The van der Waals surface area contributed by atoms with Gasteiger partial charge in [0.1, 0.15) is 0 Å². The molecule has 2 heterocycles. The molecular formula is C13H22BN3O. The lowest BCUT2D eigenvalue weighted by atomic mass is 9.72. The SMILES string of the molecule is CB(O)N1CCC2(CCc3c2nn(C)c3C)CC1. The van der Waals surface area contributed by atoms with E-state index in [0.29, 0.717) is 5.41 Å². The number of aryl methyl sites for hydroxylation is 1. The fourth-order valence-corrected chi connectivity index (χ4v) is 3.67. The normalized spacial score (nSPS) is 22.4. The molecule has 1 N–H and O–H groups in total. The molecule has 1 aromatic rings. The average molecular weight is 247 g/mol. The first-order valence-electron chi connectivity index (χ1n) is 6.98. The van der Waals surface area contributed by atoms with Gasteiger partial charge < -0.3 is 9.83 Å². The summed E-state index contributed by atoms with van der Waals surface area (Å²) in [6.45, 7) is 6.03. The predicted molar refractivity (Wildman–Crippen MR) is 72.6 cm³/mol. The van der Waals surface area contributed by atoms with Crippen LogP contribution in [0.2, 0.25) is 6.82 Å². The average Bonchev–Trinajstić information content (AvgIpc) is 2.82. The smallest absolute Gasteiger partial charge is 0.376 e.